The Morgan fingerprint density at radius 3 is 2.81 bits per heavy atom. The average molecular weight is 216 g/mol. The minimum Gasteiger partial charge on any atom is -0.361 e. The minimum absolute atomic E-state index is 0.236. The number of H-pyrrole nitrogens is 1. The number of nitrogens with one attached hydrogen (secondary N) is 1. The number of hydrogen-bond acceptors (Lipinski definition) is 1. The maximum absolute atomic E-state index is 6.11. The van der Waals surface area contributed by atoms with Crippen LogP contribution in [0.5, 0.6) is 0 Å². The molecule has 2 atom stereocenters. The third kappa shape index (κ3) is 1.85. The summed E-state index contributed by atoms with van der Waals surface area (Å²) < 4.78 is 0. The van der Waals surface area contributed by atoms with Gasteiger partial charge in [-0.15, -0.1) is 0 Å². The normalized spacial score (nSPS) is 15.2. The van der Waals surface area contributed by atoms with Crippen LogP contribution in [0.2, 0.25) is 0 Å². The summed E-state index contributed by atoms with van der Waals surface area (Å²) in [5.41, 5.74) is 9.95. The van der Waals surface area contributed by atoms with E-state index >= 15 is 0 Å². The van der Waals surface area contributed by atoms with Gasteiger partial charge in [-0.1, -0.05) is 26.0 Å². The number of benzene rings is 1. The quantitative estimate of drug-likeness (QED) is 0.812. The second kappa shape index (κ2) is 4.30. The lowest BCUT2D eigenvalue weighted by Gasteiger charge is -2.17. The van der Waals surface area contributed by atoms with Crippen molar-refractivity contribution in [2.24, 2.45) is 5.73 Å². The first-order chi connectivity index (χ1) is 7.63. The van der Waals surface area contributed by atoms with Crippen molar-refractivity contribution in [2.75, 3.05) is 0 Å². The Bertz CT molecular complexity index is 484. The van der Waals surface area contributed by atoms with Gasteiger partial charge in [-0.05, 0) is 36.5 Å². The molecule has 2 rings (SSSR count). The van der Waals surface area contributed by atoms with Crippen molar-refractivity contribution in [3.8, 4) is 0 Å². The number of aromatic nitrogens is 1. The largest absolute Gasteiger partial charge is 0.361 e. The Labute approximate surface area is 96.9 Å². The molecule has 0 fully saturated rings. The van der Waals surface area contributed by atoms with E-state index in [0.717, 1.165) is 6.42 Å². The predicted octanol–water partition coefficient (Wildman–Crippen LogP) is 3.32. The summed E-state index contributed by atoms with van der Waals surface area (Å²) in [4.78, 5) is 3.33. The van der Waals surface area contributed by atoms with Gasteiger partial charge in [0.15, 0.2) is 0 Å². The number of aromatic amines is 1. The van der Waals surface area contributed by atoms with Crippen LogP contribution in [-0.2, 0) is 0 Å². The smallest absolute Gasteiger partial charge is 0.0459 e. The molecule has 2 aromatic rings. The molecular formula is C14H20N2. The van der Waals surface area contributed by atoms with E-state index in [2.05, 4.69) is 50.2 Å². The van der Waals surface area contributed by atoms with Crippen LogP contribution in [0, 0.1) is 6.92 Å². The number of rotatable bonds is 3. The molecule has 2 heteroatoms. The fourth-order valence-electron chi connectivity index (χ4n) is 2.22. The standard InChI is InChI=1S/C14H20N2/c1-4-13(15)10(3)12-8-16-14-7-9(2)5-6-11(12)14/h5-8,10,13,16H,4,15H2,1-3H3/t10-,13-/m0/s1. The summed E-state index contributed by atoms with van der Waals surface area (Å²) in [5, 5.41) is 1.31. The molecule has 0 bridgehead atoms. The van der Waals surface area contributed by atoms with Crippen molar-refractivity contribution in [3.63, 3.8) is 0 Å². The van der Waals surface area contributed by atoms with Crippen molar-refractivity contribution in [1.82, 2.24) is 4.98 Å². The van der Waals surface area contributed by atoms with Crippen LogP contribution in [0.4, 0.5) is 0 Å². The Balaban J connectivity index is 2.45. The summed E-state index contributed by atoms with van der Waals surface area (Å²) in [6.07, 6.45) is 3.12. The van der Waals surface area contributed by atoms with E-state index in [0.29, 0.717) is 5.92 Å². The van der Waals surface area contributed by atoms with Crippen molar-refractivity contribution in [2.45, 2.75) is 39.2 Å². The van der Waals surface area contributed by atoms with Crippen molar-refractivity contribution in [1.29, 1.82) is 0 Å². The van der Waals surface area contributed by atoms with E-state index in [1.54, 1.807) is 0 Å². The molecule has 0 radical (unpaired) electrons. The molecule has 0 aliphatic rings. The fourth-order valence-corrected chi connectivity index (χ4v) is 2.22. The molecular weight excluding hydrogens is 196 g/mol. The molecule has 0 aliphatic carbocycles. The number of aryl methyl sites for hydroxylation is 1. The Hall–Kier alpha value is -1.28. The second-order valence-corrected chi connectivity index (χ2v) is 4.65. The van der Waals surface area contributed by atoms with Gasteiger partial charge in [0.05, 0.1) is 0 Å². The predicted molar refractivity (Wildman–Crippen MR) is 69.7 cm³/mol. The summed E-state index contributed by atoms with van der Waals surface area (Å²) in [6, 6.07) is 6.77. The molecule has 1 aromatic heterocycles. The highest BCUT2D eigenvalue weighted by atomic mass is 14.7. The molecule has 0 spiro atoms. The van der Waals surface area contributed by atoms with E-state index in [9.17, 15) is 0 Å². The van der Waals surface area contributed by atoms with Crippen molar-refractivity contribution >= 4 is 10.9 Å². The zero-order valence-electron chi connectivity index (χ0n) is 10.2. The van der Waals surface area contributed by atoms with Crippen LogP contribution in [0.25, 0.3) is 10.9 Å². The van der Waals surface area contributed by atoms with Crippen LogP contribution in [0.3, 0.4) is 0 Å². The van der Waals surface area contributed by atoms with Crippen LogP contribution in [0.1, 0.15) is 37.3 Å². The van der Waals surface area contributed by atoms with Gasteiger partial charge in [0.2, 0.25) is 0 Å². The molecule has 3 N–H and O–H groups in total. The Morgan fingerprint density at radius 2 is 2.12 bits per heavy atom. The zero-order valence-corrected chi connectivity index (χ0v) is 10.2. The molecule has 0 saturated heterocycles. The average Bonchev–Trinajstić information content (AvgIpc) is 2.69. The van der Waals surface area contributed by atoms with Crippen molar-refractivity contribution < 1.29 is 0 Å². The van der Waals surface area contributed by atoms with E-state index in [-0.39, 0.29) is 6.04 Å². The van der Waals surface area contributed by atoms with Gasteiger partial charge >= 0.3 is 0 Å². The molecule has 2 nitrogen and oxygen atoms in total. The summed E-state index contributed by atoms with van der Waals surface area (Å²) in [5.74, 6) is 0.404. The highest BCUT2D eigenvalue weighted by Crippen LogP contribution is 2.28. The summed E-state index contributed by atoms with van der Waals surface area (Å²) in [7, 11) is 0. The highest BCUT2D eigenvalue weighted by Gasteiger charge is 2.16. The van der Waals surface area contributed by atoms with Crippen LogP contribution >= 0.6 is 0 Å². The first-order valence-electron chi connectivity index (χ1n) is 5.96. The van der Waals surface area contributed by atoms with Gasteiger partial charge in [-0.3, -0.25) is 0 Å². The van der Waals surface area contributed by atoms with E-state index in [4.69, 9.17) is 5.73 Å². The zero-order chi connectivity index (χ0) is 11.7. The maximum Gasteiger partial charge on any atom is 0.0459 e. The van der Waals surface area contributed by atoms with Gasteiger partial charge in [-0.2, -0.15) is 0 Å². The number of nitrogens with two attached hydrogens (primary N) is 1. The van der Waals surface area contributed by atoms with Gasteiger partial charge < -0.3 is 10.7 Å². The van der Waals surface area contributed by atoms with E-state index in [1.807, 2.05) is 0 Å². The third-order valence-corrected chi connectivity index (χ3v) is 3.47. The fraction of sp³-hybridized carbons (Fsp3) is 0.429. The molecule has 0 saturated carbocycles. The molecule has 0 amide bonds. The molecule has 1 aromatic carbocycles. The SMILES string of the molecule is CC[C@H](N)[C@@H](C)c1c[nH]c2cc(C)ccc12. The second-order valence-electron chi connectivity index (χ2n) is 4.65. The van der Waals surface area contributed by atoms with Crippen LogP contribution in [-0.4, -0.2) is 11.0 Å². The minimum atomic E-state index is 0.236. The van der Waals surface area contributed by atoms with Crippen LogP contribution in [0.15, 0.2) is 24.4 Å². The lowest BCUT2D eigenvalue weighted by Crippen LogP contribution is -2.25. The van der Waals surface area contributed by atoms with E-state index in [1.165, 1.54) is 22.0 Å². The number of fused-ring (bicyclic) bond motifs is 1. The molecule has 0 aliphatic heterocycles. The first-order valence-corrected chi connectivity index (χ1v) is 5.96. The monoisotopic (exact) mass is 216 g/mol. The Morgan fingerprint density at radius 1 is 1.38 bits per heavy atom. The summed E-state index contributed by atoms with van der Waals surface area (Å²) >= 11 is 0. The highest BCUT2D eigenvalue weighted by molar-refractivity contribution is 5.84. The Kier molecular flexibility index (Phi) is 3.01. The molecule has 1 heterocycles. The van der Waals surface area contributed by atoms with Gasteiger partial charge in [0, 0.05) is 23.1 Å². The molecule has 0 unspecified atom stereocenters. The topological polar surface area (TPSA) is 41.8 Å². The lowest BCUT2D eigenvalue weighted by molar-refractivity contribution is 0.554. The van der Waals surface area contributed by atoms with E-state index < -0.39 is 0 Å². The first kappa shape index (κ1) is 11.2. The lowest BCUT2D eigenvalue weighted by atomic mass is 9.92. The van der Waals surface area contributed by atoms with Gasteiger partial charge in [-0.25, -0.2) is 0 Å². The summed E-state index contributed by atoms with van der Waals surface area (Å²) in [6.45, 7) is 6.46. The molecule has 86 valence electrons. The number of hydrogen-bond donors (Lipinski definition) is 2. The molecule has 16 heavy (non-hydrogen) atoms. The van der Waals surface area contributed by atoms with Crippen molar-refractivity contribution in [3.05, 3.63) is 35.5 Å². The van der Waals surface area contributed by atoms with Gasteiger partial charge in [0.25, 0.3) is 0 Å². The maximum atomic E-state index is 6.11. The van der Waals surface area contributed by atoms with Crippen LogP contribution < -0.4 is 5.73 Å². The third-order valence-electron chi connectivity index (χ3n) is 3.47. The van der Waals surface area contributed by atoms with Gasteiger partial charge in [0.1, 0.15) is 0 Å².